The summed E-state index contributed by atoms with van der Waals surface area (Å²) in [5.41, 5.74) is -2.72. The van der Waals surface area contributed by atoms with Gasteiger partial charge in [-0.1, -0.05) is 6.07 Å². The molecule has 126 valence electrons. The number of nitrogens with zero attached hydrogens (tertiary/aromatic N) is 3. The fourth-order valence-corrected chi connectivity index (χ4v) is 2.32. The van der Waals surface area contributed by atoms with E-state index in [0.29, 0.717) is 0 Å². The number of halogens is 4. The van der Waals surface area contributed by atoms with Crippen molar-refractivity contribution < 1.29 is 18.0 Å². The molecule has 0 spiro atoms. The normalized spacial score (nSPS) is 11.9. The van der Waals surface area contributed by atoms with Crippen LogP contribution in [0.25, 0.3) is 4.85 Å². The molecule has 9 heteroatoms. The monoisotopic (exact) mass is 448 g/mol. The molecular formula is C15H12F3IN4O. The van der Waals surface area contributed by atoms with Gasteiger partial charge in [0.15, 0.2) is 5.69 Å². The lowest BCUT2D eigenvalue weighted by atomic mass is 10.0. The van der Waals surface area contributed by atoms with E-state index in [0.717, 1.165) is 15.7 Å². The molecule has 0 aliphatic heterocycles. The quantitative estimate of drug-likeness (QED) is 0.558. The molecule has 0 atom stereocenters. The molecule has 24 heavy (non-hydrogen) atoms. The number of amides is 1. The predicted octanol–water partition coefficient (Wildman–Crippen LogP) is 4.43. The van der Waals surface area contributed by atoms with Crippen LogP contribution in [0.4, 0.5) is 24.5 Å². The van der Waals surface area contributed by atoms with E-state index in [1.54, 1.807) is 26.2 Å². The fourth-order valence-electron chi connectivity index (χ4n) is 1.93. The van der Waals surface area contributed by atoms with Gasteiger partial charge in [0.25, 0.3) is 5.91 Å². The number of aromatic nitrogens is 2. The van der Waals surface area contributed by atoms with Crippen molar-refractivity contribution in [2.24, 2.45) is 0 Å². The van der Waals surface area contributed by atoms with Gasteiger partial charge in [-0.3, -0.25) is 9.48 Å². The first-order valence-electron chi connectivity index (χ1n) is 6.66. The minimum atomic E-state index is -4.67. The molecule has 0 aliphatic rings. The van der Waals surface area contributed by atoms with Crippen LogP contribution in [0.15, 0.2) is 30.6 Å². The molecule has 2 aromatic rings. The SMILES string of the molecule is [C-]#[N+]c1ccc(NC(=O)C(C)(C)n2cc(I)cn2)cc1C(F)(F)F. The van der Waals surface area contributed by atoms with Gasteiger partial charge in [-0.2, -0.15) is 18.3 Å². The second kappa shape index (κ2) is 6.43. The Morgan fingerprint density at radius 3 is 2.54 bits per heavy atom. The Balaban J connectivity index is 2.31. The minimum Gasteiger partial charge on any atom is -0.324 e. The lowest BCUT2D eigenvalue weighted by Crippen LogP contribution is -2.40. The Bertz CT molecular complexity index is 821. The van der Waals surface area contributed by atoms with Crippen LogP contribution >= 0.6 is 22.6 Å². The molecule has 5 nitrogen and oxygen atoms in total. The van der Waals surface area contributed by atoms with Crippen molar-refractivity contribution in [3.05, 3.63) is 51.1 Å². The van der Waals surface area contributed by atoms with Gasteiger partial charge in [-0.25, -0.2) is 4.85 Å². The maximum absolute atomic E-state index is 13.0. The minimum absolute atomic E-state index is 0.0327. The first kappa shape index (κ1) is 18.3. The highest BCUT2D eigenvalue weighted by molar-refractivity contribution is 14.1. The van der Waals surface area contributed by atoms with Crippen molar-refractivity contribution in [1.29, 1.82) is 0 Å². The first-order valence-corrected chi connectivity index (χ1v) is 7.74. The molecule has 0 unspecified atom stereocenters. The van der Waals surface area contributed by atoms with Crippen molar-refractivity contribution in [3.63, 3.8) is 0 Å². The highest BCUT2D eigenvalue weighted by atomic mass is 127. The zero-order valence-electron chi connectivity index (χ0n) is 12.6. The fraction of sp³-hybridized carbons (Fsp3) is 0.267. The van der Waals surface area contributed by atoms with E-state index >= 15 is 0 Å². The summed E-state index contributed by atoms with van der Waals surface area (Å²) >= 11 is 2.04. The molecule has 0 bridgehead atoms. The van der Waals surface area contributed by atoms with Crippen molar-refractivity contribution in [1.82, 2.24) is 9.78 Å². The molecule has 0 fully saturated rings. The summed E-state index contributed by atoms with van der Waals surface area (Å²) in [5.74, 6) is -0.523. The van der Waals surface area contributed by atoms with Crippen molar-refractivity contribution in [2.75, 3.05) is 5.32 Å². The van der Waals surface area contributed by atoms with E-state index in [1.807, 2.05) is 22.6 Å². The Morgan fingerprint density at radius 1 is 1.38 bits per heavy atom. The smallest absolute Gasteiger partial charge is 0.324 e. The van der Waals surface area contributed by atoms with Gasteiger partial charge in [0.05, 0.1) is 21.9 Å². The molecule has 1 amide bonds. The van der Waals surface area contributed by atoms with Gasteiger partial charge in [-0.05, 0) is 48.6 Å². The number of benzene rings is 1. The van der Waals surface area contributed by atoms with Crippen LogP contribution in [0.2, 0.25) is 0 Å². The van der Waals surface area contributed by atoms with Gasteiger partial charge < -0.3 is 5.32 Å². The largest absolute Gasteiger partial charge is 0.407 e. The number of rotatable bonds is 3. The Kier molecular flexibility index (Phi) is 4.89. The molecule has 0 saturated carbocycles. The van der Waals surface area contributed by atoms with Crippen LogP contribution in [0, 0.1) is 10.1 Å². The summed E-state index contributed by atoms with van der Waals surface area (Å²) < 4.78 is 41.2. The van der Waals surface area contributed by atoms with Gasteiger partial charge in [0.2, 0.25) is 0 Å². The van der Waals surface area contributed by atoms with Crippen LogP contribution in [-0.2, 0) is 16.5 Å². The second-order valence-corrected chi connectivity index (χ2v) is 6.70. The number of hydrogen-bond donors (Lipinski definition) is 1. The highest BCUT2D eigenvalue weighted by Gasteiger charge is 2.35. The maximum atomic E-state index is 13.0. The summed E-state index contributed by atoms with van der Waals surface area (Å²) in [6.07, 6.45) is -1.44. The third kappa shape index (κ3) is 3.69. The summed E-state index contributed by atoms with van der Waals surface area (Å²) in [6, 6.07) is 3.06. The molecule has 2 rings (SSSR count). The second-order valence-electron chi connectivity index (χ2n) is 5.46. The number of anilines is 1. The average molecular weight is 448 g/mol. The zero-order chi connectivity index (χ0) is 18.1. The summed E-state index contributed by atoms with van der Waals surface area (Å²) in [6.45, 7) is 10.0. The van der Waals surface area contributed by atoms with E-state index in [-0.39, 0.29) is 5.69 Å². The number of hydrogen-bond acceptors (Lipinski definition) is 2. The first-order chi connectivity index (χ1) is 11.1. The van der Waals surface area contributed by atoms with Crippen molar-refractivity contribution in [2.45, 2.75) is 25.6 Å². The molecule has 1 N–H and O–H groups in total. The molecule has 1 heterocycles. The Morgan fingerprint density at radius 2 is 2.04 bits per heavy atom. The van der Waals surface area contributed by atoms with Crippen molar-refractivity contribution >= 4 is 39.9 Å². The molecule has 0 radical (unpaired) electrons. The van der Waals surface area contributed by atoms with Crippen LogP contribution in [-0.4, -0.2) is 15.7 Å². The lowest BCUT2D eigenvalue weighted by Gasteiger charge is -2.24. The summed E-state index contributed by atoms with van der Waals surface area (Å²) in [7, 11) is 0. The van der Waals surface area contributed by atoms with Gasteiger partial charge in [-0.15, -0.1) is 0 Å². The van der Waals surface area contributed by atoms with Gasteiger partial charge in [0.1, 0.15) is 5.54 Å². The third-order valence-corrected chi connectivity index (χ3v) is 3.92. The van der Waals surface area contributed by atoms with E-state index < -0.39 is 28.9 Å². The van der Waals surface area contributed by atoms with Gasteiger partial charge in [0, 0.05) is 11.9 Å². The predicted molar refractivity (Wildman–Crippen MR) is 90.6 cm³/mol. The number of carbonyl (C=O) groups is 1. The number of nitrogens with one attached hydrogen (secondary N) is 1. The van der Waals surface area contributed by atoms with Crippen LogP contribution in [0.3, 0.4) is 0 Å². The van der Waals surface area contributed by atoms with E-state index in [4.69, 9.17) is 6.57 Å². The van der Waals surface area contributed by atoms with Crippen molar-refractivity contribution in [3.8, 4) is 0 Å². The maximum Gasteiger partial charge on any atom is 0.407 e. The standard InChI is InChI=1S/C15H12F3IN4O/c1-14(2,23-8-9(19)7-21-23)13(24)22-10-4-5-12(20-3)11(6-10)15(16,17)18/h4-8H,1-2H3,(H,22,24). The number of alkyl halides is 3. The summed E-state index contributed by atoms with van der Waals surface area (Å²) in [5, 5.41) is 6.51. The van der Waals surface area contributed by atoms with E-state index in [9.17, 15) is 18.0 Å². The van der Waals surface area contributed by atoms with Gasteiger partial charge >= 0.3 is 6.18 Å². The Labute approximate surface area is 149 Å². The third-order valence-electron chi connectivity index (χ3n) is 3.36. The molecule has 1 aromatic carbocycles. The lowest BCUT2D eigenvalue weighted by molar-refractivity contribution is -0.136. The number of carbonyl (C=O) groups excluding carboxylic acids is 1. The van der Waals surface area contributed by atoms with Crippen LogP contribution < -0.4 is 5.32 Å². The molecule has 1 aromatic heterocycles. The zero-order valence-corrected chi connectivity index (χ0v) is 14.8. The molecule has 0 aliphatic carbocycles. The highest BCUT2D eigenvalue weighted by Crippen LogP contribution is 2.38. The van der Waals surface area contributed by atoms with Crippen LogP contribution in [0.5, 0.6) is 0 Å². The van der Waals surface area contributed by atoms with E-state index in [1.165, 1.54) is 10.7 Å². The van der Waals surface area contributed by atoms with Crippen LogP contribution in [0.1, 0.15) is 19.4 Å². The molecular weight excluding hydrogens is 436 g/mol. The van der Waals surface area contributed by atoms with E-state index in [2.05, 4.69) is 15.3 Å². The Hall–Kier alpha value is -2.09. The molecule has 0 saturated heterocycles. The average Bonchev–Trinajstić information content (AvgIpc) is 2.93. The topological polar surface area (TPSA) is 51.3 Å². The summed E-state index contributed by atoms with van der Waals surface area (Å²) in [4.78, 5) is 15.3.